The normalized spacial score (nSPS) is 19.6. The minimum absolute atomic E-state index is 0.0295. The van der Waals surface area contributed by atoms with E-state index in [2.05, 4.69) is 31.1 Å². The van der Waals surface area contributed by atoms with E-state index in [1.165, 1.54) is 0 Å². The lowest BCUT2D eigenvalue weighted by atomic mass is 9.88. The molecule has 138 valence electrons. The first-order chi connectivity index (χ1) is 12.3. The number of piperazine rings is 1. The molecule has 2 aromatic carbocycles. The zero-order valence-electron chi connectivity index (χ0n) is 16.2. The van der Waals surface area contributed by atoms with Crippen LogP contribution in [0.4, 0.5) is 5.69 Å². The van der Waals surface area contributed by atoms with E-state index in [-0.39, 0.29) is 11.4 Å². The number of carbonyl (C=O) groups excluding carboxylic acids is 1. The third-order valence-corrected chi connectivity index (χ3v) is 5.55. The molecule has 1 N–H and O–H groups in total. The molecule has 0 bridgehead atoms. The maximum atomic E-state index is 13.7. The first-order valence-electron chi connectivity index (χ1n) is 9.22. The summed E-state index contributed by atoms with van der Waals surface area (Å²) in [5, 5.41) is 3.50. The van der Waals surface area contributed by atoms with E-state index in [1.807, 2.05) is 72.5 Å². The molecule has 1 aliphatic heterocycles. The van der Waals surface area contributed by atoms with Gasteiger partial charge in [0.25, 0.3) is 5.91 Å². The average Bonchev–Trinajstić information content (AvgIpc) is 2.65. The summed E-state index contributed by atoms with van der Waals surface area (Å²) in [7, 11) is 2.13. The van der Waals surface area contributed by atoms with Gasteiger partial charge in [0, 0.05) is 30.9 Å². The van der Waals surface area contributed by atoms with Crippen molar-refractivity contribution >= 4 is 11.6 Å². The Bertz CT molecular complexity index is 744. The number of carbonyl (C=O) groups is 1. The summed E-state index contributed by atoms with van der Waals surface area (Å²) in [5.74, 6) is 0.119. The molecule has 1 heterocycles. The molecule has 1 fully saturated rings. The molecule has 1 aliphatic rings. The number of nitrogens with zero attached hydrogens (tertiary/aromatic N) is 2. The molecule has 0 radical (unpaired) electrons. The van der Waals surface area contributed by atoms with Gasteiger partial charge in [0.1, 0.15) is 5.54 Å². The fourth-order valence-corrected chi connectivity index (χ4v) is 3.56. The highest BCUT2D eigenvalue weighted by molar-refractivity contribution is 5.90. The quantitative estimate of drug-likeness (QED) is 0.915. The van der Waals surface area contributed by atoms with Crippen LogP contribution in [0.15, 0.2) is 60.7 Å². The van der Waals surface area contributed by atoms with E-state index in [9.17, 15) is 4.79 Å². The first-order valence-corrected chi connectivity index (χ1v) is 9.22. The maximum absolute atomic E-state index is 13.7. The zero-order valence-corrected chi connectivity index (χ0v) is 16.2. The Labute approximate surface area is 156 Å². The zero-order chi connectivity index (χ0) is 18.8. The van der Waals surface area contributed by atoms with Gasteiger partial charge in [0.2, 0.25) is 0 Å². The van der Waals surface area contributed by atoms with Gasteiger partial charge >= 0.3 is 0 Å². The molecular weight excluding hydrogens is 322 g/mol. The van der Waals surface area contributed by atoms with Crippen molar-refractivity contribution < 1.29 is 4.79 Å². The summed E-state index contributed by atoms with van der Waals surface area (Å²) in [6, 6.07) is 20.0. The van der Waals surface area contributed by atoms with Gasteiger partial charge in [-0.3, -0.25) is 9.69 Å². The topological polar surface area (TPSA) is 35.6 Å². The number of hydrogen-bond donors (Lipinski definition) is 1. The third kappa shape index (κ3) is 3.61. The van der Waals surface area contributed by atoms with E-state index in [1.54, 1.807) is 0 Å². The monoisotopic (exact) mass is 351 g/mol. The number of para-hydroxylation sites is 1. The van der Waals surface area contributed by atoms with Crippen molar-refractivity contribution in [3.05, 3.63) is 66.2 Å². The van der Waals surface area contributed by atoms with Crippen LogP contribution in [-0.2, 0) is 10.3 Å². The van der Waals surface area contributed by atoms with Crippen LogP contribution in [0.1, 0.15) is 26.3 Å². The number of nitrogens with one attached hydrogen (secondary N) is 1. The van der Waals surface area contributed by atoms with Gasteiger partial charge in [-0.25, -0.2) is 0 Å². The predicted octanol–water partition coefficient (Wildman–Crippen LogP) is 3.57. The van der Waals surface area contributed by atoms with Gasteiger partial charge in [-0.05, 0) is 45.5 Å². The third-order valence-electron chi connectivity index (χ3n) is 5.55. The highest BCUT2D eigenvalue weighted by atomic mass is 16.2. The van der Waals surface area contributed by atoms with Crippen molar-refractivity contribution in [2.24, 2.45) is 0 Å². The molecule has 4 nitrogen and oxygen atoms in total. The highest BCUT2D eigenvalue weighted by Crippen LogP contribution is 2.30. The fourth-order valence-electron chi connectivity index (χ4n) is 3.56. The summed E-state index contributed by atoms with van der Waals surface area (Å²) < 4.78 is 0. The van der Waals surface area contributed by atoms with Gasteiger partial charge in [-0.15, -0.1) is 0 Å². The Kier molecular flexibility index (Phi) is 5.05. The number of likely N-dealkylation sites (N-methyl/N-ethyl adjacent to an activating group) is 1. The largest absolute Gasteiger partial charge is 0.368 e. The molecular formula is C22H29N3O. The number of amides is 1. The summed E-state index contributed by atoms with van der Waals surface area (Å²) in [5.41, 5.74) is 1.08. The summed E-state index contributed by atoms with van der Waals surface area (Å²) in [6.07, 6.45) is 0. The Hall–Kier alpha value is -2.33. The molecule has 26 heavy (non-hydrogen) atoms. The van der Waals surface area contributed by atoms with Gasteiger partial charge < -0.3 is 10.2 Å². The number of hydrogen-bond acceptors (Lipinski definition) is 3. The van der Waals surface area contributed by atoms with Crippen molar-refractivity contribution in [3.63, 3.8) is 0 Å². The van der Waals surface area contributed by atoms with Crippen molar-refractivity contribution in [3.8, 4) is 0 Å². The van der Waals surface area contributed by atoms with Crippen LogP contribution >= 0.6 is 0 Å². The minimum atomic E-state index is -0.811. The summed E-state index contributed by atoms with van der Waals surface area (Å²) in [6.45, 7) is 8.73. The number of rotatable bonds is 4. The second-order valence-corrected chi connectivity index (χ2v) is 7.94. The second-order valence-electron chi connectivity index (χ2n) is 7.94. The smallest absolute Gasteiger partial charge is 0.252 e. The average molecular weight is 351 g/mol. The summed E-state index contributed by atoms with van der Waals surface area (Å²) >= 11 is 0. The molecule has 0 aromatic heterocycles. The van der Waals surface area contributed by atoms with E-state index in [0.717, 1.165) is 30.9 Å². The fraction of sp³-hybridized carbons (Fsp3) is 0.409. The van der Waals surface area contributed by atoms with Crippen LogP contribution in [0.3, 0.4) is 0 Å². The van der Waals surface area contributed by atoms with Gasteiger partial charge in [0.15, 0.2) is 0 Å². The predicted molar refractivity (Wildman–Crippen MR) is 107 cm³/mol. The molecule has 2 aromatic rings. The van der Waals surface area contributed by atoms with Crippen LogP contribution < -0.4 is 5.32 Å². The van der Waals surface area contributed by atoms with E-state index < -0.39 is 5.54 Å². The standard InChI is InChI=1S/C22H29N3O/c1-21(2)17-25(16-15-24(21)4)20(26)22(3,18-11-7-5-8-12-18)23-19-13-9-6-10-14-19/h5-14,23H,15-17H2,1-4H3. The van der Waals surface area contributed by atoms with Gasteiger partial charge in [-0.1, -0.05) is 48.5 Å². The van der Waals surface area contributed by atoms with Gasteiger partial charge in [-0.2, -0.15) is 0 Å². The first kappa shape index (κ1) is 18.5. The molecule has 0 spiro atoms. The second kappa shape index (κ2) is 7.12. The highest BCUT2D eigenvalue weighted by Gasteiger charge is 2.42. The number of benzene rings is 2. The molecule has 0 saturated carbocycles. The van der Waals surface area contributed by atoms with Crippen molar-refractivity contribution in [1.82, 2.24) is 9.80 Å². The van der Waals surface area contributed by atoms with Crippen molar-refractivity contribution in [2.45, 2.75) is 31.8 Å². The van der Waals surface area contributed by atoms with Gasteiger partial charge in [0.05, 0.1) is 0 Å². The van der Waals surface area contributed by atoms with Crippen molar-refractivity contribution in [2.75, 3.05) is 32.0 Å². The molecule has 1 unspecified atom stereocenters. The van der Waals surface area contributed by atoms with Crippen LogP contribution in [0.2, 0.25) is 0 Å². The maximum Gasteiger partial charge on any atom is 0.252 e. The minimum Gasteiger partial charge on any atom is -0.368 e. The molecule has 4 heteroatoms. The lowest BCUT2D eigenvalue weighted by Gasteiger charge is -2.47. The van der Waals surface area contributed by atoms with Crippen LogP contribution in [0.25, 0.3) is 0 Å². The van der Waals surface area contributed by atoms with E-state index in [0.29, 0.717) is 0 Å². The Morgan fingerprint density at radius 2 is 1.58 bits per heavy atom. The van der Waals surface area contributed by atoms with Crippen LogP contribution in [-0.4, -0.2) is 47.9 Å². The van der Waals surface area contributed by atoms with Crippen molar-refractivity contribution in [1.29, 1.82) is 0 Å². The van der Waals surface area contributed by atoms with E-state index >= 15 is 0 Å². The Morgan fingerprint density at radius 1 is 1.00 bits per heavy atom. The Morgan fingerprint density at radius 3 is 2.15 bits per heavy atom. The molecule has 3 rings (SSSR count). The Balaban J connectivity index is 1.94. The molecule has 0 aliphatic carbocycles. The number of anilines is 1. The lowest BCUT2D eigenvalue weighted by molar-refractivity contribution is -0.140. The summed E-state index contributed by atoms with van der Waals surface area (Å²) in [4.78, 5) is 18.0. The van der Waals surface area contributed by atoms with Crippen LogP contribution in [0, 0.1) is 0 Å². The molecule has 1 atom stereocenters. The lowest BCUT2D eigenvalue weighted by Crippen LogP contribution is -2.62. The van der Waals surface area contributed by atoms with Crippen LogP contribution in [0.5, 0.6) is 0 Å². The molecule has 1 amide bonds. The van der Waals surface area contributed by atoms with E-state index in [4.69, 9.17) is 0 Å². The SMILES string of the molecule is CN1CCN(C(=O)C(C)(Nc2ccccc2)c2ccccc2)CC1(C)C. The molecule has 1 saturated heterocycles.